The molecule has 0 fully saturated rings. The predicted octanol–water partition coefficient (Wildman–Crippen LogP) is 2.67. The van der Waals surface area contributed by atoms with Gasteiger partial charge >= 0.3 is 5.97 Å². The van der Waals surface area contributed by atoms with Gasteiger partial charge in [-0.25, -0.2) is 4.79 Å². The summed E-state index contributed by atoms with van der Waals surface area (Å²) >= 11 is 3.32. The SMILES string of the molecule is CCOC(=O)/C(C)=C\CCCBr. The van der Waals surface area contributed by atoms with E-state index in [2.05, 4.69) is 15.9 Å². The van der Waals surface area contributed by atoms with Gasteiger partial charge in [-0.1, -0.05) is 22.0 Å². The zero-order valence-electron chi connectivity index (χ0n) is 7.60. The molecule has 0 aliphatic heterocycles. The highest BCUT2D eigenvalue weighted by atomic mass is 79.9. The van der Waals surface area contributed by atoms with Crippen LogP contribution in [0.4, 0.5) is 0 Å². The van der Waals surface area contributed by atoms with E-state index in [4.69, 9.17) is 4.74 Å². The molecule has 0 aliphatic rings. The van der Waals surface area contributed by atoms with E-state index in [-0.39, 0.29) is 5.97 Å². The smallest absolute Gasteiger partial charge is 0.333 e. The number of alkyl halides is 1. The molecule has 12 heavy (non-hydrogen) atoms. The molecule has 0 saturated carbocycles. The summed E-state index contributed by atoms with van der Waals surface area (Å²) in [7, 11) is 0. The third kappa shape index (κ3) is 5.35. The summed E-state index contributed by atoms with van der Waals surface area (Å²) in [5, 5.41) is 0.972. The van der Waals surface area contributed by atoms with E-state index in [9.17, 15) is 4.79 Å². The van der Waals surface area contributed by atoms with Crippen LogP contribution in [0.25, 0.3) is 0 Å². The Morgan fingerprint density at radius 3 is 2.75 bits per heavy atom. The molecule has 0 saturated heterocycles. The van der Waals surface area contributed by atoms with Gasteiger partial charge in [0, 0.05) is 10.9 Å². The van der Waals surface area contributed by atoms with Gasteiger partial charge in [0.25, 0.3) is 0 Å². The van der Waals surface area contributed by atoms with Gasteiger partial charge < -0.3 is 4.74 Å². The number of allylic oxidation sites excluding steroid dienone is 1. The molecule has 0 aliphatic carbocycles. The van der Waals surface area contributed by atoms with Gasteiger partial charge in [-0.2, -0.15) is 0 Å². The van der Waals surface area contributed by atoms with Crippen molar-refractivity contribution in [1.29, 1.82) is 0 Å². The van der Waals surface area contributed by atoms with E-state index in [0.29, 0.717) is 12.2 Å². The molecule has 0 bridgehead atoms. The lowest BCUT2D eigenvalue weighted by Crippen LogP contribution is -2.04. The van der Waals surface area contributed by atoms with Gasteiger partial charge in [-0.15, -0.1) is 0 Å². The summed E-state index contributed by atoms with van der Waals surface area (Å²) in [6.07, 6.45) is 3.89. The highest BCUT2D eigenvalue weighted by molar-refractivity contribution is 9.09. The highest BCUT2D eigenvalue weighted by Crippen LogP contribution is 2.02. The average molecular weight is 235 g/mol. The van der Waals surface area contributed by atoms with Crippen LogP contribution in [0, 0.1) is 0 Å². The molecule has 0 aromatic heterocycles. The minimum absolute atomic E-state index is 0.202. The second-order valence-electron chi connectivity index (χ2n) is 2.44. The van der Waals surface area contributed by atoms with Crippen molar-refractivity contribution >= 4 is 21.9 Å². The van der Waals surface area contributed by atoms with Gasteiger partial charge in [0.2, 0.25) is 0 Å². The van der Waals surface area contributed by atoms with Crippen molar-refractivity contribution in [3.63, 3.8) is 0 Å². The van der Waals surface area contributed by atoms with Gasteiger partial charge in [0.05, 0.1) is 6.61 Å². The van der Waals surface area contributed by atoms with Crippen LogP contribution in [-0.4, -0.2) is 17.9 Å². The minimum atomic E-state index is -0.202. The topological polar surface area (TPSA) is 26.3 Å². The van der Waals surface area contributed by atoms with Crippen LogP contribution < -0.4 is 0 Å². The molecular formula is C9H15BrO2. The molecule has 0 rings (SSSR count). The third-order valence-corrected chi connectivity index (χ3v) is 1.95. The van der Waals surface area contributed by atoms with Gasteiger partial charge in [-0.05, 0) is 26.7 Å². The number of carbonyl (C=O) groups is 1. The van der Waals surface area contributed by atoms with Crippen LogP contribution in [0.15, 0.2) is 11.6 Å². The van der Waals surface area contributed by atoms with Crippen molar-refractivity contribution in [2.75, 3.05) is 11.9 Å². The van der Waals surface area contributed by atoms with Gasteiger partial charge in [0.15, 0.2) is 0 Å². The predicted molar refractivity (Wildman–Crippen MR) is 53.4 cm³/mol. The van der Waals surface area contributed by atoms with Gasteiger partial charge in [-0.3, -0.25) is 0 Å². The number of hydrogen-bond acceptors (Lipinski definition) is 2. The number of unbranched alkanes of at least 4 members (excludes halogenated alkanes) is 1. The molecule has 2 nitrogen and oxygen atoms in total. The second-order valence-corrected chi connectivity index (χ2v) is 3.23. The maximum absolute atomic E-state index is 11.0. The Hall–Kier alpha value is -0.310. The highest BCUT2D eigenvalue weighted by Gasteiger charge is 2.02. The van der Waals surface area contributed by atoms with Crippen molar-refractivity contribution in [2.24, 2.45) is 0 Å². The monoisotopic (exact) mass is 234 g/mol. The van der Waals surface area contributed by atoms with Crippen LogP contribution in [0.1, 0.15) is 26.7 Å². The number of halogens is 1. The fourth-order valence-corrected chi connectivity index (χ4v) is 1.05. The first-order valence-corrected chi connectivity index (χ1v) is 5.24. The molecule has 0 radical (unpaired) electrons. The van der Waals surface area contributed by atoms with Crippen LogP contribution in [0.5, 0.6) is 0 Å². The minimum Gasteiger partial charge on any atom is -0.463 e. The van der Waals surface area contributed by atoms with E-state index in [0.717, 1.165) is 18.2 Å². The molecule has 0 aromatic carbocycles. The van der Waals surface area contributed by atoms with E-state index < -0.39 is 0 Å². The van der Waals surface area contributed by atoms with E-state index in [1.807, 2.05) is 13.0 Å². The quantitative estimate of drug-likeness (QED) is 0.317. The molecule has 0 atom stereocenters. The van der Waals surface area contributed by atoms with Crippen LogP contribution in [-0.2, 0) is 9.53 Å². The lowest BCUT2D eigenvalue weighted by atomic mass is 10.2. The van der Waals surface area contributed by atoms with Gasteiger partial charge in [0.1, 0.15) is 0 Å². The maximum atomic E-state index is 11.0. The fraction of sp³-hybridized carbons (Fsp3) is 0.667. The largest absolute Gasteiger partial charge is 0.463 e. The zero-order valence-corrected chi connectivity index (χ0v) is 9.19. The molecule has 0 aromatic rings. The summed E-state index contributed by atoms with van der Waals surface area (Å²) < 4.78 is 4.82. The molecule has 0 N–H and O–H groups in total. The Morgan fingerprint density at radius 1 is 1.58 bits per heavy atom. The number of carbonyl (C=O) groups excluding carboxylic acids is 1. The van der Waals surface area contributed by atoms with E-state index in [1.165, 1.54) is 0 Å². The van der Waals surface area contributed by atoms with Crippen molar-refractivity contribution in [3.05, 3.63) is 11.6 Å². The molecule has 0 spiro atoms. The number of esters is 1. The van der Waals surface area contributed by atoms with Crippen LogP contribution in [0.3, 0.4) is 0 Å². The maximum Gasteiger partial charge on any atom is 0.333 e. The standard InChI is InChI=1S/C9H15BrO2/c1-3-12-9(11)8(2)6-4-5-7-10/h6H,3-5,7H2,1-2H3/b8-6-. The first-order chi connectivity index (χ1) is 5.72. The van der Waals surface area contributed by atoms with Crippen LogP contribution >= 0.6 is 15.9 Å². The van der Waals surface area contributed by atoms with Crippen molar-refractivity contribution in [1.82, 2.24) is 0 Å². The Labute approximate surface area is 82.1 Å². The lowest BCUT2D eigenvalue weighted by Gasteiger charge is -2.00. The Morgan fingerprint density at radius 2 is 2.25 bits per heavy atom. The van der Waals surface area contributed by atoms with Crippen molar-refractivity contribution in [3.8, 4) is 0 Å². The number of ether oxygens (including phenoxy) is 1. The summed E-state index contributed by atoms with van der Waals surface area (Å²) in [5.74, 6) is -0.202. The molecule has 3 heteroatoms. The Kier molecular flexibility index (Phi) is 7.16. The van der Waals surface area contributed by atoms with E-state index in [1.54, 1.807) is 6.92 Å². The number of rotatable bonds is 5. The average Bonchev–Trinajstić information content (AvgIpc) is 2.05. The first kappa shape index (κ1) is 11.7. The fourth-order valence-electron chi connectivity index (χ4n) is 0.724. The van der Waals surface area contributed by atoms with E-state index >= 15 is 0 Å². The summed E-state index contributed by atoms with van der Waals surface area (Å²) in [4.78, 5) is 11.0. The normalized spacial score (nSPS) is 11.4. The first-order valence-electron chi connectivity index (χ1n) is 4.12. The summed E-state index contributed by atoms with van der Waals surface area (Å²) in [5.41, 5.74) is 0.706. The molecule has 0 unspecified atom stereocenters. The Balaban J connectivity index is 3.74. The summed E-state index contributed by atoms with van der Waals surface area (Å²) in [6.45, 7) is 4.04. The summed E-state index contributed by atoms with van der Waals surface area (Å²) in [6, 6.07) is 0. The van der Waals surface area contributed by atoms with Crippen molar-refractivity contribution < 1.29 is 9.53 Å². The number of hydrogen-bond donors (Lipinski definition) is 0. The lowest BCUT2D eigenvalue weighted by molar-refractivity contribution is -0.138. The third-order valence-electron chi connectivity index (χ3n) is 1.39. The van der Waals surface area contributed by atoms with Crippen molar-refractivity contribution in [2.45, 2.75) is 26.7 Å². The molecule has 70 valence electrons. The van der Waals surface area contributed by atoms with Crippen LogP contribution in [0.2, 0.25) is 0 Å². The molecule has 0 heterocycles. The zero-order chi connectivity index (χ0) is 9.40. The Bertz CT molecular complexity index is 164. The molecular weight excluding hydrogens is 220 g/mol. The second kappa shape index (κ2) is 7.35. The molecule has 0 amide bonds.